The first-order valence-electron chi connectivity index (χ1n) is 3.15. The molecular formula is C7H8N2O2. The van der Waals surface area contributed by atoms with Gasteiger partial charge in [0.05, 0.1) is 13.2 Å². The molecule has 0 aliphatic rings. The van der Waals surface area contributed by atoms with E-state index in [-0.39, 0.29) is 6.42 Å². The summed E-state index contributed by atoms with van der Waals surface area (Å²) in [4.78, 5) is 3.96. The van der Waals surface area contributed by atoms with Gasteiger partial charge in [0.25, 0.3) is 0 Å². The molecule has 1 heterocycles. The van der Waals surface area contributed by atoms with E-state index in [0.717, 1.165) is 0 Å². The van der Waals surface area contributed by atoms with Gasteiger partial charge in [-0.15, -0.1) is 0 Å². The Hall–Kier alpha value is -1.50. The molecule has 0 spiro atoms. The van der Waals surface area contributed by atoms with E-state index in [0.29, 0.717) is 17.5 Å². The number of aromatic nitrogens is 1. The first kappa shape index (κ1) is 7.61. The third-order valence-corrected chi connectivity index (χ3v) is 1.21. The zero-order chi connectivity index (χ0) is 8.27. The van der Waals surface area contributed by atoms with Crippen molar-refractivity contribution in [1.29, 1.82) is 5.26 Å². The van der Waals surface area contributed by atoms with Crippen molar-refractivity contribution >= 4 is 0 Å². The minimum Gasteiger partial charge on any atom is -0.467 e. The standard InChI is InChI=1S/C7H8N2O2/c1-5-7(10-2)11-6(9-5)3-4-8/h3H2,1-2H3. The highest BCUT2D eigenvalue weighted by atomic mass is 16.6. The van der Waals surface area contributed by atoms with Gasteiger partial charge in [-0.2, -0.15) is 5.26 Å². The van der Waals surface area contributed by atoms with E-state index in [1.54, 1.807) is 6.92 Å². The van der Waals surface area contributed by atoms with Gasteiger partial charge in [0.15, 0.2) is 0 Å². The summed E-state index contributed by atoms with van der Waals surface area (Å²) in [6.45, 7) is 1.77. The van der Waals surface area contributed by atoms with Gasteiger partial charge < -0.3 is 9.15 Å². The van der Waals surface area contributed by atoms with Crippen LogP contribution in [0.2, 0.25) is 0 Å². The van der Waals surface area contributed by atoms with Crippen LogP contribution >= 0.6 is 0 Å². The van der Waals surface area contributed by atoms with Gasteiger partial charge in [0, 0.05) is 0 Å². The molecule has 4 nitrogen and oxygen atoms in total. The number of hydrogen-bond donors (Lipinski definition) is 0. The van der Waals surface area contributed by atoms with Gasteiger partial charge >= 0.3 is 5.95 Å². The van der Waals surface area contributed by atoms with Gasteiger partial charge in [0.1, 0.15) is 12.1 Å². The lowest BCUT2D eigenvalue weighted by atomic mass is 10.5. The Labute approximate surface area is 64.4 Å². The molecule has 0 bridgehead atoms. The number of oxazole rings is 1. The first-order valence-corrected chi connectivity index (χ1v) is 3.15. The molecule has 1 rings (SSSR count). The summed E-state index contributed by atoms with van der Waals surface area (Å²) in [5.41, 5.74) is 0.678. The van der Waals surface area contributed by atoms with Crippen molar-refractivity contribution in [2.24, 2.45) is 0 Å². The first-order chi connectivity index (χ1) is 5.27. The second kappa shape index (κ2) is 3.06. The second-order valence-electron chi connectivity index (χ2n) is 2.02. The van der Waals surface area contributed by atoms with Gasteiger partial charge in [0.2, 0.25) is 5.89 Å². The average molecular weight is 152 g/mol. The van der Waals surface area contributed by atoms with Gasteiger partial charge in [-0.25, -0.2) is 4.98 Å². The predicted molar refractivity (Wildman–Crippen MR) is 37.1 cm³/mol. The number of nitrogens with zero attached hydrogens (tertiary/aromatic N) is 2. The largest absolute Gasteiger partial charge is 0.467 e. The molecule has 0 unspecified atom stereocenters. The lowest BCUT2D eigenvalue weighted by Crippen LogP contribution is -1.81. The fraction of sp³-hybridized carbons (Fsp3) is 0.429. The molecule has 58 valence electrons. The van der Waals surface area contributed by atoms with Crippen molar-refractivity contribution in [1.82, 2.24) is 4.98 Å². The predicted octanol–water partition coefficient (Wildman–Crippen LogP) is 1.06. The molecule has 0 atom stereocenters. The maximum atomic E-state index is 8.30. The Bertz CT molecular complexity index is 285. The molecular weight excluding hydrogens is 144 g/mol. The Balaban J connectivity index is 2.88. The molecule has 0 aromatic carbocycles. The molecule has 0 aliphatic heterocycles. The zero-order valence-electron chi connectivity index (χ0n) is 6.42. The van der Waals surface area contributed by atoms with Crippen LogP contribution in [0.25, 0.3) is 0 Å². The van der Waals surface area contributed by atoms with Crippen LogP contribution in [0, 0.1) is 18.3 Å². The molecule has 0 N–H and O–H groups in total. The third kappa shape index (κ3) is 1.49. The molecule has 0 saturated heterocycles. The summed E-state index contributed by atoms with van der Waals surface area (Å²) in [7, 11) is 1.50. The molecule has 0 aliphatic carbocycles. The van der Waals surface area contributed by atoms with Crippen LogP contribution in [0.4, 0.5) is 0 Å². The number of rotatable bonds is 2. The van der Waals surface area contributed by atoms with E-state index >= 15 is 0 Å². The molecule has 0 radical (unpaired) electrons. The minimum atomic E-state index is 0.185. The Morgan fingerprint density at radius 2 is 2.45 bits per heavy atom. The molecule has 1 aromatic rings. The van der Waals surface area contributed by atoms with E-state index in [2.05, 4.69) is 4.98 Å². The maximum absolute atomic E-state index is 8.30. The van der Waals surface area contributed by atoms with Crippen molar-refractivity contribution in [3.63, 3.8) is 0 Å². The van der Waals surface area contributed by atoms with Gasteiger partial charge in [-0.05, 0) is 6.92 Å². The van der Waals surface area contributed by atoms with Gasteiger partial charge in [-0.3, -0.25) is 0 Å². The van der Waals surface area contributed by atoms with E-state index in [9.17, 15) is 0 Å². The molecule has 0 amide bonds. The lowest BCUT2D eigenvalue weighted by Gasteiger charge is -1.89. The van der Waals surface area contributed by atoms with Crippen molar-refractivity contribution in [2.75, 3.05) is 7.11 Å². The van der Waals surface area contributed by atoms with Gasteiger partial charge in [-0.1, -0.05) is 0 Å². The second-order valence-corrected chi connectivity index (χ2v) is 2.02. The number of hydrogen-bond acceptors (Lipinski definition) is 4. The number of nitriles is 1. The van der Waals surface area contributed by atoms with Crippen LogP contribution in [-0.2, 0) is 6.42 Å². The minimum absolute atomic E-state index is 0.185. The van der Waals surface area contributed by atoms with Crippen LogP contribution in [-0.4, -0.2) is 12.1 Å². The smallest absolute Gasteiger partial charge is 0.308 e. The van der Waals surface area contributed by atoms with Crippen molar-refractivity contribution in [3.8, 4) is 12.0 Å². The van der Waals surface area contributed by atoms with Crippen molar-refractivity contribution in [2.45, 2.75) is 13.3 Å². The summed E-state index contributed by atoms with van der Waals surface area (Å²) in [5.74, 6) is 0.789. The van der Waals surface area contributed by atoms with Crippen molar-refractivity contribution < 1.29 is 9.15 Å². The SMILES string of the molecule is COc1oc(CC#N)nc1C. The van der Waals surface area contributed by atoms with Crippen molar-refractivity contribution in [3.05, 3.63) is 11.6 Å². The molecule has 1 aromatic heterocycles. The highest BCUT2D eigenvalue weighted by Crippen LogP contribution is 2.17. The summed E-state index contributed by atoms with van der Waals surface area (Å²) < 4.78 is 9.88. The number of methoxy groups -OCH3 is 1. The maximum Gasteiger partial charge on any atom is 0.308 e. The fourth-order valence-electron chi connectivity index (χ4n) is 0.769. The topological polar surface area (TPSA) is 59.0 Å². The van der Waals surface area contributed by atoms with E-state index in [1.807, 2.05) is 6.07 Å². The number of ether oxygens (including phenoxy) is 1. The average Bonchev–Trinajstić information content (AvgIpc) is 2.32. The molecule has 0 fully saturated rings. The van der Waals surface area contributed by atoms with Crippen LogP contribution < -0.4 is 4.74 Å². The molecule has 4 heteroatoms. The van der Waals surface area contributed by atoms with Crippen LogP contribution in [0.15, 0.2) is 4.42 Å². The zero-order valence-corrected chi connectivity index (χ0v) is 6.42. The summed E-state index contributed by atoms with van der Waals surface area (Å²) in [5, 5.41) is 8.30. The Morgan fingerprint density at radius 1 is 1.73 bits per heavy atom. The Kier molecular flexibility index (Phi) is 2.12. The highest BCUT2D eigenvalue weighted by Gasteiger charge is 2.07. The summed E-state index contributed by atoms with van der Waals surface area (Å²) in [6, 6.07) is 1.94. The Morgan fingerprint density at radius 3 is 2.91 bits per heavy atom. The summed E-state index contributed by atoms with van der Waals surface area (Å²) >= 11 is 0. The third-order valence-electron chi connectivity index (χ3n) is 1.21. The van der Waals surface area contributed by atoms with E-state index < -0.39 is 0 Å². The number of aryl methyl sites for hydroxylation is 1. The quantitative estimate of drug-likeness (QED) is 0.635. The monoisotopic (exact) mass is 152 g/mol. The van der Waals surface area contributed by atoms with E-state index in [4.69, 9.17) is 14.4 Å². The van der Waals surface area contributed by atoms with Crippen LogP contribution in [0.3, 0.4) is 0 Å². The summed E-state index contributed by atoms with van der Waals surface area (Å²) in [6.07, 6.45) is 0.185. The fourth-order valence-corrected chi connectivity index (χ4v) is 0.769. The lowest BCUT2D eigenvalue weighted by molar-refractivity contribution is 0.293. The van der Waals surface area contributed by atoms with Crippen LogP contribution in [0.5, 0.6) is 5.95 Å². The normalized spacial score (nSPS) is 9.18. The van der Waals surface area contributed by atoms with Crippen LogP contribution in [0.1, 0.15) is 11.6 Å². The highest BCUT2D eigenvalue weighted by molar-refractivity contribution is 5.14. The molecule has 11 heavy (non-hydrogen) atoms. The van der Waals surface area contributed by atoms with E-state index in [1.165, 1.54) is 7.11 Å². The molecule has 0 saturated carbocycles.